The van der Waals surface area contributed by atoms with E-state index in [4.69, 9.17) is 0 Å². The van der Waals surface area contributed by atoms with E-state index in [9.17, 15) is 12.8 Å². The van der Waals surface area contributed by atoms with Gasteiger partial charge in [0.05, 0.1) is 5.69 Å². The van der Waals surface area contributed by atoms with Crippen LogP contribution in [0.2, 0.25) is 0 Å². The van der Waals surface area contributed by atoms with Gasteiger partial charge in [0.2, 0.25) is 0 Å². The molecule has 2 aromatic carbocycles. The molecule has 3 nitrogen and oxygen atoms in total. The van der Waals surface area contributed by atoms with E-state index in [1.165, 1.54) is 18.2 Å². The third-order valence-electron chi connectivity index (χ3n) is 2.52. The normalized spacial score (nSPS) is 11.2. The molecule has 2 aromatic rings. The number of nitrogens with one attached hydrogen (secondary N) is 1. The molecule has 0 aliphatic rings. The monoisotopic (exact) mass is 265 g/mol. The van der Waals surface area contributed by atoms with Crippen molar-refractivity contribution in [3.63, 3.8) is 0 Å². The number of hydrogen-bond acceptors (Lipinski definition) is 2. The second-order valence-corrected chi connectivity index (χ2v) is 5.50. The lowest BCUT2D eigenvalue weighted by Crippen LogP contribution is -2.15. The molecular formula is C13H12FNO2S. The highest BCUT2D eigenvalue weighted by molar-refractivity contribution is 7.92. The van der Waals surface area contributed by atoms with Crippen molar-refractivity contribution in [3.05, 3.63) is 59.9 Å². The fourth-order valence-corrected chi connectivity index (χ4v) is 2.76. The Morgan fingerprint density at radius 1 is 1.00 bits per heavy atom. The van der Waals surface area contributed by atoms with E-state index in [-0.39, 0.29) is 4.90 Å². The standard InChI is InChI=1S/C13H12FNO2S/c1-10-6-2-4-8-12(10)15-18(16,17)13-9-5-3-7-11(13)14/h2-9,15H,1H3. The highest BCUT2D eigenvalue weighted by atomic mass is 32.2. The molecule has 0 saturated carbocycles. The van der Waals surface area contributed by atoms with Crippen LogP contribution in [0.3, 0.4) is 0 Å². The van der Waals surface area contributed by atoms with Crippen molar-refractivity contribution < 1.29 is 12.8 Å². The third-order valence-corrected chi connectivity index (χ3v) is 3.91. The van der Waals surface area contributed by atoms with Crippen molar-refractivity contribution >= 4 is 15.7 Å². The molecule has 0 spiro atoms. The van der Waals surface area contributed by atoms with Gasteiger partial charge in [-0.1, -0.05) is 30.3 Å². The van der Waals surface area contributed by atoms with Crippen LogP contribution < -0.4 is 4.72 Å². The molecule has 0 amide bonds. The summed E-state index contributed by atoms with van der Waals surface area (Å²) < 4.78 is 39.9. The van der Waals surface area contributed by atoms with Crippen molar-refractivity contribution in [2.24, 2.45) is 0 Å². The van der Waals surface area contributed by atoms with Crippen molar-refractivity contribution in [2.75, 3.05) is 4.72 Å². The van der Waals surface area contributed by atoms with Crippen LogP contribution in [0.4, 0.5) is 10.1 Å². The molecule has 5 heteroatoms. The zero-order chi connectivity index (χ0) is 13.2. The fourth-order valence-electron chi connectivity index (χ4n) is 1.55. The average Bonchev–Trinajstić information content (AvgIpc) is 2.32. The molecule has 18 heavy (non-hydrogen) atoms. The first-order valence-corrected chi connectivity index (χ1v) is 6.82. The Bertz CT molecular complexity index is 668. The van der Waals surface area contributed by atoms with Gasteiger partial charge in [0.15, 0.2) is 0 Å². The molecule has 0 unspecified atom stereocenters. The van der Waals surface area contributed by atoms with Gasteiger partial charge in [-0.15, -0.1) is 0 Å². The van der Waals surface area contributed by atoms with Gasteiger partial charge < -0.3 is 0 Å². The Labute approximate surface area is 105 Å². The molecule has 0 bridgehead atoms. The lowest BCUT2D eigenvalue weighted by atomic mass is 10.2. The highest BCUT2D eigenvalue weighted by Gasteiger charge is 2.18. The van der Waals surface area contributed by atoms with Gasteiger partial charge in [-0.3, -0.25) is 4.72 Å². The first-order valence-electron chi connectivity index (χ1n) is 5.34. The van der Waals surface area contributed by atoms with Gasteiger partial charge in [-0.25, -0.2) is 12.8 Å². The van der Waals surface area contributed by atoms with Gasteiger partial charge in [0, 0.05) is 0 Å². The van der Waals surface area contributed by atoms with Crippen LogP contribution in [-0.2, 0) is 10.0 Å². The van der Waals surface area contributed by atoms with Crippen molar-refractivity contribution in [1.82, 2.24) is 0 Å². The summed E-state index contributed by atoms with van der Waals surface area (Å²) in [6, 6.07) is 12.2. The van der Waals surface area contributed by atoms with Crippen molar-refractivity contribution in [1.29, 1.82) is 0 Å². The Balaban J connectivity index is 2.40. The van der Waals surface area contributed by atoms with E-state index in [1.54, 1.807) is 31.2 Å². The second kappa shape index (κ2) is 4.78. The molecule has 0 aliphatic carbocycles. The maximum atomic E-state index is 13.5. The van der Waals surface area contributed by atoms with Crippen LogP contribution >= 0.6 is 0 Å². The lowest BCUT2D eigenvalue weighted by Gasteiger charge is -2.10. The summed E-state index contributed by atoms with van der Waals surface area (Å²) in [6.07, 6.45) is 0. The highest BCUT2D eigenvalue weighted by Crippen LogP contribution is 2.20. The summed E-state index contributed by atoms with van der Waals surface area (Å²) in [5, 5.41) is 0. The molecule has 0 fully saturated rings. The van der Waals surface area contributed by atoms with E-state index in [0.29, 0.717) is 5.69 Å². The molecule has 0 saturated heterocycles. The van der Waals surface area contributed by atoms with Gasteiger partial charge in [0.25, 0.3) is 10.0 Å². The number of benzene rings is 2. The van der Waals surface area contributed by atoms with Crippen LogP contribution in [0.15, 0.2) is 53.4 Å². The molecular weight excluding hydrogens is 253 g/mol. The Morgan fingerprint density at radius 3 is 2.28 bits per heavy atom. The van der Waals surface area contributed by atoms with Crippen LogP contribution in [0.5, 0.6) is 0 Å². The summed E-state index contributed by atoms with van der Waals surface area (Å²) >= 11 is 0. The van der Waals surface area contributed by atoms with Crippen LogP contribution in [0, 0.1) is 12.7 Å². The van der Waals surface area contributed by atoms with Crippen LogP contribution in [-0.4, -0.2) is 8.42 Å². The van der Waals surface area contributed by atoms with Gasteiger partial charge in [-0.2, -0.15) is 0 Å². The van der Waals surface area contributed by atoms with Gasteiger partial charge in [0.1, 0.15) is 10.7 Å². The van der Waals surface area contributed by atoms with E-state index < -0.39 is 15.8 Å². The molecule has 0 radical (unpaired) electrons. The first kappa shape index (κ1) is 12.6. The lowest BCUT2D eigenvalue weighted by molar-refractivity contribution is 0.570. The number of para-hydroxylation sites is 1. The maximum Gasteiger partial charge on any atom is 0.264 e. The fraction of sp³-hybridized carbons (Fsp3) is 0.0769. The van der Waals surface area contributed by atoms with Crippen molar-refractivity contribution in [2.45, 2.75) is 11.8 Å². The Morgan fingerprint density at radius 2 is 1.61 bits per heavy atom. The third kappa shape index (κ3) is 2.51. The van der Waals surface area contributed by atoms with E-state index in [2.05, 4.69) is 4.72 Å². The summed E-state index contributed by atoms with van der Waals surface area (Å²) in [4.78, 5) is -0.353. The Kier molecular flexibility index (Phi) is 3.34. The number of aryl methyl sites for hydroxylation is 1. The smallest absolute Gasteiger partial charge is 0.264 e. The minimum absolute atomic E-state index is 0.353. The summed E-state index contributed by atoms with van der Waals surface area (Å²) in [5.74, 6) is -0.765. The first-order chi connectivity index (χ1) is 8.50. The van der Waals surface area contributed by atoms with Crippen LogP contribution in [0.1, 0.15) is 5.56 Å². The summed E-state index contributed by atoms with van der Waals surface area (Å²) in [7, 11) is -3.89. The predicted octanol–water partition coefficient (Wildman–Crippen LogP) is 2.93. The summed E-state index contributed by atoms with van der Waals surface area (Å²) in [6.45, 7) is 1.78. The minimum Gasteiger partial charge on any atom is -0.279 e. The quantitative estimate of drug-likeness (QED) is 0.927. The molecule has 0 aromatic heterocycles. The zero-order valence-corrected chi connectivity index (χ0v) is 10.5. The number of rotatable bonds is 3. The van der Waals surface area contributed by atoms with E-state index in [0.717, 1.165) is 11.6 Å². The molecule has 0 heterocycles. The molecule has 2 rings (SSSR count). The average molecular weight is 265 g/mol. The van der Waals surface area contributed by atoms with Crippen molar-refractivity contribution in [3.8, 4) is 0 Å². The molecule has 94 valence electrons. The molecule has 1 N–H and O–H groups in total. The number of halogens is 1. The zero-order valence-electron chi connectivity index (χ0n) is 9.72. The number of hydrogen-bond donors (Lipinski definition) is 1. The Hall–Kier alpha value is -1.88. The summed E-state index contributed by atoms with van der Waals surface area (Å²) in [5.41, 5.74) is 1.22. The molecule has 0 atom stereocenters. The van der Waals surface area contributed by atoms with Crippen LogP contribution in [0.25, 0.3) is 0 Å². The van der Waals surface area contributed by atoms with E-state index >= 15 is 0 Å². The van der Waals surface area contributed by atoms with E-state index in [1.807, 2.05) is 0 Å². The predicted molar refractivity (Wildman–Crippen MR) is 68.4 cm³/mol. The van der Waals surface area contributed by atoms with Gasteiger partial charge >= 0.3 is 0 Å². The maximum absolute atomic E-state index is 13.5. The topological polar surface area (TPSA) is 46.2 Å². The minimum atomic E-state index is -3.89. The molecule has 0 aliphatic heterocycles. The second-order valence-electron chi connectivity index (χ2n) is 3.85. The number of anilines is 1. The van der Waals surface area contributed by atoms with Gasteiger partial charge in [-0.05, 0) is 30.7 Å². The number of sulfonamides is 1. The SMILES string of the molecule is Cc1ccccc1NS(=O)(=O)c1ccccc1F. The largest absolute Gasteiger partial charge is 0.279 e.